The van der Waals surface area contributed by atoms with E-state index in [4.69, 9.17) is 16.0 Å². The molecule has 3 aromatic heterocycles. The first-order valence-electron chi connectivity index (χ1n) is 7.71. The van der Waals surface area contributed by atoms with Crippen LogP contribution in [-0.4, -0.2) is 30.2 Å². The SMILES string of the molecule is CCc1c(-c2nnc(-c3cccnc3)o2)nnn1-c1ccc(Cl)cc1. The Hall–Kier alpha value is -3.06. The molecule has 0 bridgehead atoms. The summed E-state index contributed by atoms with van der Waals surface area (Å²) in [6.07, 6.45) is 4.06. The van der Waals surface area contributed by atoms with Crippen molar-refractivity contribution in [1.82, 2.24) is 30.2 Å². The van der Waals surface area contributed by atoms with E-state index in [1.165, 1.54) is 0 Å². The van der Waals surface area contributed by atoms with Gasteiger partial charge in [0.2, 0.25) is 5.89 Å². The maximum atomic E-state index is 5.95. The zero-order valence-corrected chi connectivity index (χ0v) is 14.1. The van der Waals surface area contributed by atoms with Crippen molar-refractivity contribution in [2.45, 2.75) is 13.3 Å². The molecule has 124 valence electrons. The molecule has 4 rings (SSSR count). The Bertz CT molecular complexity index is 994. The van der Waals surface area contributed by atoms with Crippen LogP contribution in [0.1, 0.15) is 12.6 Å². The van der Waals surface area contributed by atoms with Crippen LogP contribution in [0.15, 0.2) is 53.2 Å². The third-order valence-corrected chi connectivity index (χ3v) is 3.96. The number of rotatable bonds is 4. The Balaban J connectivity index is 1.74. The van der Waals surface area contributed by atoms with Crippen LogP contribution >= 0.6 is 11.6 Å². The lowest BCUT2D eigenvalue weighted by Crippen LogP contribution is -2.01. The molecule has 0 saturated carbocycles. The van der Waals surface area contributed by atoms with Crippen molar-refractivity contribution in [2.75, 3.05) is 0 Å². The average molecular weight is 353 g/mol. The topological polar surface area (TPSA) is 82.5 Å². The van der Waals surface area contributed by atoms with Gasteiger partial charge in [0.1, 0.15) is 0 Å². The quantitative estimate of drug-likeness (QED) is 0.558. The van der Waals surface area contributed by atoms with Crippen LogP contribution in [0, 0.1) is 0 Å². The summed E-state index contributed by atoms with van der Waals surface area (Å²) in [5, 5.41) is 17.3. The molecule has 0 saturated heterocycles. The number of benzene rings is 1. The number of aromatic nitrogens is 6. The molecule has 0 amide bonds. The highest BCUT2D eigenvalue weighted by atomic mass is 35.5. The Morgan fingerprint density at radius 2 is 1.84 bits per heavy atom. The molecular formula is C17H13ClN6O. The lowest BCUT2D eigenvalue weighted by molar-refractivity contribution is 0.581. The Kier molecular flexibility index (Phi) is 3.99. The zero-order chi connectivity index (χ0) is 17.2. The lowest BCUT2D eigenvalue weighted by Gasteiger charge is -2.04. The summed E-state index contributed by atoms with van der Waals surface area (Å²) in [4.78, 5) is 4.06. The summed E-state index contributed by atoms with van der Waals surface area (Å²) >= 11 is 5.95. The van der Waals surface area contributed by atoms with Crippen LogP contribution in [-0.2, 0) is 6.42 Å². The molecule has 8 heteroatoms. The summed E-state index contributed by atoms with van der Waals surface area (Å²) in [5.41, 5.74) is 3.07. The monoisotopic (exact) mass is 352 g/mol. The summed E-state index contributed by atoms with van der Waals surface area (Å²) in [6, 6.07) is 11.1. The minimum atomic E-state index is 0.330. The average Bonchev–Trinajstić information content (AvgIpc) is 3.30. The lowest BCUT2D eigenvalue weighted by atomic mass is 10.2. The van der Waals surface area contributed by atoms with E-state index in [9.17, 15) is 0 Å². The number of pyridine rings is 1. The van der Waals surface area contributed by atoms with E-state index < -0.39 is 0 Å². The van der Waals surface area contributed by atoms with Gasteiger partial charge in [-0.15, -0.1) is 15.3 Å². The molecule has 0 radical (unpaired) electrons. The van der Waals surface area contributed by atoms with Crippen molar-refractivity contribution in [2.24, 2.45) is 0 Å². The minimum absolute atomic E-state index is 0.330. The van der Waals surface area contributed by atoms with Gasteiger partial charge < -0.3 is 4.42 Å². The van der Waals surface area contributed by atoms with E-state index in [1.807, 2.05) is 43.3 Å². The predicted molar refractivity (Wildman–Crippen MR) is 92.3 cm³/mol. The molecule has 0 aliphatic heterocycles. The van der Waals surface area contributed by atoms with Crippen LogP contribution < -0.4 is 0 Å². The van der Waals surface area contributed by atoms with Crippen molar-refractivity contribution < 1.29 is 4.42 Å². The number of hydrogen-bond donors (Lipinski definition) is 0. The maximum Gasteiger partial charge on any atom is 0.270 e. The second-order valence-corrected chi connectivity index (χ2v) is 5.72. The van der Waals surface area contributed by atoms with E-state index in [-0.39, 0.29) is 0 Å². The summed E-state index contributed by atoms with van der Waals surface area (Å²) in [7, 11) is 0. The molecule has 0 aliphatic rings. The van der Waals surface area contributed by atoms with Crippen LogP contribution in [0.3, 0.4) is 0 Å². The minimum Gasteiger partial charge on any atom is -0.414 e. The van der Waals surface area contributed by atoms with Crippen molar-refractivity contribution in [3.63, 3.8) is 0 Å². The third-order valence-electron chi connectivity index (χ3n) is 3.71. The van der Waals surface area contributed by atoms with E-state index in [0.29, 0.717) is 28.9 Å². The van der Waals surface area contributed by atoms with Gasteiger partial charge in [0.15, 0.2) is 5.69 Å². The van der Waals surface area contributed by atoms with Gasteiger partial charge in [-0.25, -0.2) is 4.68 Å². The normalized spacial score (nSPS) is 11.0. The second kappa shape index (κ2) is 6.45. The molecule has 0 atom stereocenters. The number of halogens is 1. The first-order chi connectivity index (χ1) is 12.3. The molecule has 1 aromatic carbocycles. The first kappa shape index (κ1) is 15.5. The van der Waals surface area contributed by atoms with Crippen molar-refractivity contribution in [3.05, 3.63) is 59.5 Å². The number of hydrogen-bond acceptors (Lipinski definition) is 6. The van der Waals surface area contributed by atoms with Gasteiger partial charge in [-0.3, -0.25) is 4.98 Å². The van der Waals surface area contributed by atoms with Gasteiger partial charge in [-0.2, -0.15) is 0 Å². The van der Waals surface area contributed by atoms with Gasteiger partial charge in [0.05, 0.1) is 16.9 Å². The highest BCUT2D eigenvalue weighted by Gasteiger charge is 2.20. The highest BCUT2D eigenvalue weighted by Crippen LogP contribution is 2.26. The Labute approximate surface area is 148 Å². The van der Waals surface area contributed by atoms with Gasteiger partial charge in [-0.05, 0) is 42.8 Å². The maximum absolute atomic E-state index is 5.95. The standard InChI is InChI=1S/C17H13ClN6O/c1-2-14-15(20-23-24(14)13-7-5-12(18)6-8-13)17-22-21-16(25-17)11-4-3-9-19-10-11/h3-10H,2H2,1H3. The van der Waals surface area contributed by atoms with Crippen molar-refractivity contribution in [1.29, 1.82) is 0 Å². The van der Waals surface area contributed by atoms with Gasteiger partial charge >= 0.3 is 0 Å². The largest absolute Gasteiger partial charge is 0.414 e. The van der Waals surface area contributed by atoms with Crippen LogP contribution in [0.4, 0.5) is 0 Å². The summed E-state index contributed by atoms with van der Waals surface area (Å²) in [5.74, 6) is 0.724. The molecule has 0 spiro atoms. The molecule has 7 nitrogen and oxygen atoms in total. The Morgan fingerprint density at radius 3 is 2.56 bits per heavy atom. The molecule has 0 N–H and O–H groups in total. The van der Waals surface area contributed by atoms with Crippen LogP contribution in [0.2, 0.25) is 5.02 Å². The van der Waals surface area contributed by atoms with Crippen LogP contribution in [0.5, 0.6) is 0 Å². The Morgan fingerprint density at radius 1 is 1.04 bits per heavy atom. The van der Waals surface area contributed by atoms with Crippen molar-refractivity contribution >= 4 is 11.6 Å². The molecule has 3 heterocycles. The molecule has 0 unspecified atom stereocenters. The third kappa shape index (κ3) is 2.89. The fourth-order valence-electron chi connectivity index (χ4n) is 2.50. The predicted octanol–water partition coefficient (Wildman–Crippen LogP) is 3.60. The van der Waals surface area contributed by atoms with E-state index in [0.717, 1.165) is 16.9 Å². The summed E-state index contributed by atoms with van der Waals surface area (Å²) < 4.78 is 7.52. The molecule has 0 aliphatic carbocycles. The fraction of sp³-hybridized carbons (Fsp3) is 0.118. The van der Waals surface area contributed by atoms with Gasteiger partial charge in [-0.1, -0.05) is 23.7 Å². The molecular weight excluding hydrogens is 340 g/mol. The van der Waals surface area contributed by atoms with Gasteiger partial charge in [0, 0.05) is 17.4 Å². The molecule has 25 heavy (non-hydrogen) atoms. The molecule has 4 aromatic rings. The van der Waals surface area contributed by atoms with E-state index in [1.54, 1.807) is 17.1 Å². The first-order valence-corrected chi connectivity index (χ1v) is 8.09. The summed E-state index contributed by atoms with van der Waals surface area (Å²) in [6.45, 7) is 2.02. The van der Waals surface area contributed by atoms with Crippen LogP contribution in [0.25, 0.3) is 28.7 Å². The number of nitrogens with zero attached hydrogens (tertiary/aromatic N) is 6. The highest BCUT2D eigenvalue weighted by molar-refractivity contribution is 6.30. The zero-order valence-electron chi connectivity index (χ0n) is 13.3. The fourth-order valence-corrected chi connectivity index (χ4v) is 2.63. The van der Waals surface area contributed by atoms with Gasteiger partial charge in [0.25, 0.3) is 5.89 Å². The smallest absolute Gasteiger partial charge is 0.270 e. The van der Waals surface area contributed by atoms with E-state index >= 15 is 0 Å². The molecule has 0 fully saturated rings. The van der Waals surface area contributed by atoms with E-state index in [2.05, 4.69) is 25.5 Å². The second-order valence-electron chi connectivity index (χ2n) is 5.28. The van der Waals surface area contributed by atoms with Crippen molar-refractivity contribution in [3.8, 4) is 28.7 Å².